The van der Waals surface area contributed by atoms with E-state index in [0.717, 1.165) is 12.1 Å². The number of hydrogen-bond donors (Lipinski definition) is 0. The van der Waals surface area contributed by atoms with Crippen molar-refractivity contribution in [3.63, 3.8) is 0 Å². The molecule has 3 aromatic carbocycles. The van der Waals surface area contributed by atoms with Crippen LogP contribution in [0, 0.1) is 29.1 Å². The molecule has 0 fully saturated rings. The second-order valence-electron chi connectivity index (χ2n) is 6.06. The molecule has 0 radical (unpaired) electrons. The van der Waals surface area contributed by atoms with Gasteiger partial charge in [-0.25, -0.2) is 22.0 Å². The fourth-order valence-electron chi connectivity index (χ4n) is 2.83. The summed E-state index contributed by atoms with van der Waals surface area (Å²) in [7, 11) is 0. The van der Waals surface area contributed by atoms with E-state index in [-0.39, 0.29) is 16.7 Å². The van der Waals surface area contributed by atoms with Gasteiger partial charge in [-0.05, 0) is 47.2 Å². The number of aryl methyl sites for hydroxylation is 1. The summed E-state index contributed by atoms with van der Waals surface area (Å²) in [6, 6.07) is 10.8. The van der Waals surface area contributed by atoms with Crippen LogP contribution in [0.25, 0.3) is 22.3 Å². The summed E-state index contributed by atoms with van der Waals surface area (Å²) >= 11 is 0. The van der Waals surface area contributed by atoms with Crippen LogP contribution in [0.5, 0.6) is 0 Å². The molecule has 0 unspecified atom stereocenters. The van der Waals surface area contributed by atoms with E-state index < -0.39 is 29.1 Å². The van der Waals surface area contributed by atoms with Gasteiger partial charge in [-0.15, -0.1) is 6.58 Å². The molecule has 5 heteroatoms. The monoisotopic (exact) mass is 374 g/mol. The first kappa shape index (κ1) is 18.8. The largest absolute Gasteiger partial charge is 0.204 e. The Morgan fingerprint density at radius 1 is 0.667 bits per heavy atom. The molecule has 0 atom stereocenters. The predicted octanol–water partition coefficient (Wildman–Crippen LogP) is 6.83. The zero-order valence-corrected chi connectivity index (χ0v) is 14.2. The molecule has 0 saturated carbocycles. The average molecular weight is 374 g/mol. The fourth-order valence-corrected chi connectivity index (χ4v) is 2.83. The first-order chi connectivity index (χ1) is 12.9. The van der Waals surface area contributed by atoms with Crippen LogP contribution in [0.1, 0.15) is 12.0 Å². The van der Waals surface area contributed by atoms with Gasteiger partial charge in [0.15, 0.2) is 29.1 Å². The number of benzene rings is 3. The molecule has 0 heterocycles. The van der Waals surface area contributed by atoms with Crippen molar-refractivity contribution in [1.29, 1.82) is 0 Å². The summed E-state index contributed by atoms with van der Waals surface area (Å²) in [4.78, 5) is 0. The minimum atomic E-state index is -1.54. The van der Waals surface area contributed by atoms with Crippen molar-refractivity contribution >= 4 is 0 Å². The first-order valence-corrected chi connectivity index (χ1v) is 8.25. The molecule has 3 aromatic rings. The van der Waals surface area contributed by atoms with Gasteiger partial charge in [-0.3, -0.25) is 0 Å². The van der Waals surface area contributed by atoms with Crippen LogP contribution in [0.15, 0.2) is 61.2 Å². The molecule has 0 bridgehead atoms. The normalized spacial score (nSPS) is 10.9. The van der Waals surface area contributed by atoms with Gasteiger partial charge in [0.2, 0.25) is 0 Å². The Morgan fingerprint density at radius 3 is 1.85 bits per heavy atom. The number of halogens is 5. The average Bonchev–Trinajstić information content (AvgIpc) is 2.67. The van der Waals surface area contributed by atoms with Crippen LogP contribution in [0.4, 0.5) is 22.0 Å². The van der Waals surface area contributed by atoms with E-state index in [0.29, 0.717) is 24.0 Å². The van der Waals surface area contributed by atoms with Crippen molar-refractivity contribution in [2.75, 3.05) is 0 Å². The van der Waals surface area contributed by atoms with Crippen LogP contribution in [0.3, 0.4) is 0 Å². The molecule has 138 valence electrons. The molecule has 3 rings (SSSR count). The molecule has 0 saturated heterocycles. The summed E-state index contributed by atoms with van der Waals surface area (Å²) in [6.07, 6.45) is 2.52. The Morgan fingerprint density at radius 2 is 1.26 bits per heavy atom. The lowest BCUT2D eigenvalue weighted by Crippen LogP contribution is -1.97. The van der Waals surface area contributed by atoms with Crippen LogP contribution < -0.4 is 0 Å². The molecule has 27 heavy (non-hydrogen) atoms. The fraction of sp³-hybridized carbons (Fsp3) is 0.0909. The van der Waals surface area contributed by atoms with Crippen molar-refractivity contribution in [2.24, 2.45) is 0 Å². The first-order valence-electron chi connectivity index (χ1n) is 8.25. The van der Waals surface area contributed by atoms with E-state index in [2.05, 4.69) is 6.58 Å². The summed E-state index contributed by atoms with van der Waals surface area (Å²) in [6.45, 7) is 3.56. The Labute approximate surface area is 153 Å². The van der Waals surface area contributed by atoms with E-state index in [4.69, 9.17) is 0 Å². The van der Waals surface area contributed by atoms with Gasteiger partial charge in [0, 0.05) is 5.56 Å². The van der Waals surface area contributed by atoms with E-state index in [1.807, 2.05) is 0 Å². The second kappa shape index (κ2) is 7.74. The maximum absolute atomic E-state index is 14.4. The third-order valence-corrected chi connectivity index (χ3v) is 4.29. The van der Waals surface area contributed by atoms with Gasteiger partial charge in [0.25, 0.3) is 0 Å². The van der Waals surface area contributed by atoms with Gasteiger partial charge in [-0.2, -0.15) is 0 Å². The molecule has 0 amide bonds. The molecular weight excluding hydrogens is 359 g/mol. The summed E-state index contributed by atoms with van der Waals surface area (Å²) < 4.78 is 68.5. The predicted molar refractivity (Wildman–Crippen MR) is 95.6 cm³/mol. The van der Waals surface area contributed by atoms with Crippen molar-refractivity contribution in [2.45, 2.75) is 12.8 Å². The third kappa shape index (κ3) is 3.77. The molecule has 0 spiro atoms. The minimum absolute atomic E-state index is 0.0814. The molecule has 0 aromatic heterocycles. The highest BCUT2D eigenvalue weighted by Gasteiger charge is 2.15. The SMILES string of the molecule is C=CCCc1ccc(-c2ccc(-c3cc(F)c(F)c(F)c3)cc2)c(F)c1F. The van der Waals surface area contributed by atoms with Crippen LogP contribution in [0.2, 0.25) is 0 Å². The van der Waals surface area contributed by atoms with E-state index in [9.17, 15) is 22.0 Å². The highest BCUT2D eigenvalue weighted by atomic mass is 19.2. The lowest BCUT2D eigenvalue weighted by atomic mass is 9.98. The Hall–Kier alpha value is -2.95. The van der Waals surface area contributed by atoms with Gasteiger partial charge < -0.3 is 0 Å². The summed E-state index contributed by atoms with van der Waals surface area (Å²) in [5.41, 5.74) is 1.32. The molecule has 0 nitrogen and oxygen atoms in total. The van der Waals surface area contributed by atoms with E-state index in [1.54, 1.807) is 6.08 Å². The minimum Gasteiger partial charge on any atom is -0.204 e. The van der Waals surface area contributed by atoms with Crippen LogP contribution >= 0.6 is 0 Å². The highest BCUT2D eigenvalue weighted by molar-refractivity contribution is 5.71. The molecule has 0 aliphatic heterocycles. The van der Waals surface area contributed by atoms with Gasteiger partial charge in [-0.1, -0.05) is 42.5 Å². The van der Waals surface area contributed by atoms with Crippen LogP contribution in [-0.2, 0) is 6.42 Å². The summed E-state index contributed by atoms with van der Waals surface area (Å²) in [5, 5.41) is 0. The maximum Gasteiger partial charge on any atom is 0.194 e. The smallest absolute Gasteiger partial charge is 0.194 e. The van der Waals surface area contributed by atoms with Gasteiger partial charge >= 0.3 is 0 Å². The number of allylic oxidation sites excluding steroid dienone is 1. The van der Waals surface area contributed by atoms with Crippen LogP contribution in [-0.4, -0.2) is 0 Å². The van der Waals surface area contributed by atoms with Gasteiger partial charge in [0.05, 0.1) is 0 Å². The Kier molecular flexibility index (Phi) is 5.40. The molecule has 0 aliphatic carbocycles. The number of hydrogen-bond acceptors (Lipinski definition) is 0. The Balaban J connectivity index is 1.94. The quantitative estimate of drug-likeness (QED) is 0.261. The molecule has 0 aliphatic rings. The molecule has 0 N–H and O–H groups in total. The van der Waals surface area contributed by atoms with Crippen molar-refractivity contribution in [3.05, 3.63) is 95.8 Å². The third-order valence-electron chi connectivity index (χ3n) is 4.29. The zero-order chi connectivity index (χ0) is 19.6. The zero-order valence-electron chi connectivity index (χ0n) is 14.2. The van der Waals surface area contributed by atoms with Crippen molar-refractivity contribution in [1.82, 2.24) is 0 Å². The Bertz CT molecular complexity index is 967. The second-order valence-corrected chi connectivity index (χ2v) is 6.06. The lowest BCUT2D eigenvalue weighted by Gasteiger charge is -2.10. The standard InChI is InChI=1S/C22H15F5/c1-2-3-4-15-9-10-17(21(26)20(15)25)14-7-5-13(6-8-14)16-11-18(23)22(27)19(24)12-16/h2,5-12H,1,3-4H2. The highest BCUT2D eigenvalue weighted by Crippen LogP contribution is 2.30. The summed E-state index contributed by atoms with van der Waals surface area (Å²) in [5.74, 6) is -5.98. The lowest BCUT2D eigenvalue weighted by molar-refractivity contribution is 0.448. The van der Waals surface area contributed by atoms with Gasteiger partial charge in [0.1, 0.15) is 0 Å². The van der Waals surface area contributed by atoms with E-state index in [1.165, 1.54) is 36.4 Å². The van der Waals surface area contributed by atoms with E-state index >= 15 is 0 Å². The topological polar surface area (TPSA) is 0 Å². The molecular formula is C22H15F5. The maximum atomic E-state index is 14.4. The number of rotatable bonds is 5. The van der Waals surface area contributed by atoms with Crippen molar-refractivity contribution in [3.8, 4) is 22.3 Å². The van der Waals surface area contributed by atoms with Crippen molar-refractivity contribution < 1.29 is 22.0 Å².